The summed E-state index contributed by atoms with van der Waals surface area (Å²) in [6.45, 7) is -0.166. The fraction of sp³-hybridized carbons (Fsp3) is 0.500. The molecule has 0 aromatic carbocycles. The van der Waals surface area contributed by atoms with E-state index in [1.54, 1.807) is 0 Å². The monoisotopic (exact) mass is 226 g/mol. The number of pyridine rings is 1. The first-order chi connectivity index (χ1) is 7.70. The van der Waals surface area contributed by atoms with Crippen molar-refractivity contribution in [3.05, 3.63) is 34.1 Å². The number of nitrogens with zero attached hydrogens (tertiary/aromatic N) is 2. The minimum absolute atomic E-state index is 0.00931. The van der Waals surface area contributed by atoms with Gasteiger partial charge in [0.2, 0.25) is 0 Å². The molecule has 0 bridgehead atoms. The molecule has 88 valence electrons. The molecule has 1 aromatic heterocycles. The van der Waals surface area contributed by atoms with E-state index in [4.69, 9.17) is 5.11 Å². The minimum Gasteiger partial charge on any atom is -0.396 e. The number of aromatic nitrogens is 1. The van der Waals surface area contributed by atoms with Gasteiger partial charge < -0.3 is 10.2 Å². The van der Waals surface area contributed by atoms with Crippen molar-refractivity contribution in [3.63, 3.8) is 0 Å². The van der Waals surface area contributed by atoms with Gasteiger partial charge in [0.25, 0.3) is 5.69 Å². The van der Waals surface area contributed by atoms with Crippen LogP contribution in [0, 0.1) is 10.1 Å². The Morgan fingerprint density at radius 2 is 2.25 bits per heavy atom. The van der Waals surface area contributed by atoms with Gasteiger partial charge in [0, 0.05) is 24.3 Å². The number of aliphatic hydroxyl groups excluding tert-OH is 2. The Morgan fingerprint density at radius 3 is 2.81 bits per heavy atom. The van der Waals surface area contributed by atoms with Crippen molar-refractivity contribution in [1.29, 1.82) is 0 Å². The van der Waals surface area contributed by atoms with Crippen LogP contribution in [0.2, 0.25) is 0 Å². The molecule has 2 N–H and O–H groups in total. The third-order valence-corrected chi connectivity index (χ3v) is 2.40. The van der Waals surface area contributed by atoms with E-state index in [1.165, 1.54) is 18.5 Å². The van der Waals surface area contributed by atoms with E-state index >= 15 is 0 Å². The van der Waals surface area contributed by atoms with E-state index in [-0.39, 0.29) is 24.8 Å². The molecule has 0 radical (unpaired) electrons. The lowest BCUT2D eigenvalue weighted by Crippen LogP contribution is -2.08. The van der Waals surface area contributed by atoms with E-state index in [0.717, 1.165) is 0 Å². The molecular formula is C10H14N2O4. The van der Waals surface area contributed by atoms with Crippen molar-refractivity contribution >= 4 is 5.69 Å². The first-order valence-corrected chi connectivity index (χ1v) is 5.00. The lowest BCUT2D eigenvalue weighted by Gasteiger charge is -2.13. The lowest BCUT2D eigenvalue weighted by molar-refractivity contribution is -0.386. The van der Waals surface area contributed by atoms with Crippen molar-refractivity contribution < 1.29 is 15.1 Å². The molecule has 0 aliphatic carbocycles. The summed E-state index contributed by atoms with van der Waals surface area (Å²) in [7, 11) is 0. The highest BCUT2D eigenvalue weighted by atomic mass is 16.6. The summed E-state index contributed by atoms with van der Waals surface area (Å²) in [6, 6.07) is 1.54. The first kappa shape index (κ1) is 12.5. The SMILES string of the molecule is O=[N+]([O-])c1cnccc1C(CO)CCCO. The molecule has 1 heterocycles. The van der Waals surface area contributed by atoms with Gasteiger partial charge in [-0.15, -0.1) is 0 Å². The predicted octanol–water partition coefficient (Wildman–Crippen LogP) is 0.838. The van der Waals surface area contributed by atoms with E-state index in [1.807, 2.05) is 0 Å². The molecule has 0 spiro atoms. The Morgan fingerprint density at radius 1 is 1.50 bits per heavy atom. The lowest BCUT2D eigenvalue weighted by atomic mass is 9.95. The summed E-state index contributed by atoms with van der Waals surface area (Å²) in [5.41, 5.74) is 0.385. The molecule has 1 unspecified atom stereocenters. The van der Waals surface area contributed by atoms with Crippen molar-refractivity contribution in [3.8, 4) is 0 Å². The van der Waals surface area contributed by atoms with E-state index < -0.39 is 4.92 Å². The standard InChI is InChI=1S/C10H14N2O4/c13-5-1-2-8(7-14)9-3-4-11-6-10(9)12(15)16/h3-4,6,8,13-14H,1-2,5,7H2. The second kappa shape index (κ2) is 6.14. The Balaban J connectivity index is 2.94. The van der Waals surface area contributed by atoms with Crippen LogP contribution in [0.15, 0.2) is 18.5 Å². The summed E-state index contributed by atoms with van der Waals surface area (Å²) in [6.07, 6.45) is 3.66. The van der Waals surface area contributed by atoms with Gasteiger partial charge in [0.15, 0.2) is 0 Å². The highest BCUT2D eigenvalue weighted by Gasteiger charge is 2.21. The number of hydrogen-bond acceptors (Lipinski definition) is 5. The molecule has 6 nitrogen and oxygen atoms in total. The van der Waals surface area contributed by atoms with Crippen LogP contribution >= 0.6 is 0 Å². The zero-order valence-electron chi connectivity index (χ0n) is 8.74. The van der Waals surface area contributed by atoms with Crippen molar-refractivity contribution in [2.45, 2.75) is 18.8 Å². The Hall–Kier alpha value is -1.53. The number of hydrogen-bond donors (Lipinski definition) is 2. The van der Waals surface area contributed by atoms with Crippen LogP contribution in [0.1, 0.15) is 24.3 Å². The van der Waals surface area contributed by atoms with Gasteiger partial charge in [0.1, 0.15) is 6.20 Å². The smallest absolute Gasteiger partial charge is 0.291 e. The minimum atomic E-state index is -0.510. The topological polar surface area (TPSA) is 96.5 Å². The quantitative estimate of drug-likeness (QED) is 0.553. The third kappa shape index (κ3) is 2.98. The average Bonchev–Trinajstić information content (AvgIpc) is 2.30. The molecular weight excluding hydrogens is 212 g/mol. The summed E-state index contributed by atoms with van der Waals surface area (Å²) in [5, 5.41) is 28.6. The zero-order valence-corrected chi connectivity index (χ0v) is 8.74. The maximum atomic E-state index is 10.8. The van der Waals surface area contributed by atoms with Gasteiger partial charge >= 0.3 is 0 Å². The molecule has 1 aromatic rings. The Kier molecular flexibility index (Phi) is 4.81. The van der Waals surface area contributed by atoms with Crippen LogP contribution < -0.4 is 0 Å². The van der Waals surface area contributed by atoms with Crippen LogP contribution in [0.25, 0.3) is 0 Å². The maximum Gasteiger partial charge on any atom is 0.291 e. The molecule has 1 atom stereocenters. The average molecular weight is 226 g/mol. The Labute approximate surface area is 92.7 Å². The molecule has 16 heavy (non-hydrogen) atoms. The van der Waals surface area contributed by atoms with Crippen LogP contribution in [0.3, 0.4) is 0 Å². The first-order valence-electron chi connectivity index (χ1n) is 5.00. The van der Waals surface area contributed by atoms with Crippen molar-refractivity contribution in [2.24, 2.45) is 0 Å². The summed E-state index contributed by atoms with van der Waals surface area (Å²) in [4.78, 5) is 13.9. The van der Waals surface area contributed by atoms with E-state index in [0.29, 0.717) is 18.4 Å². The van der Waals surface area contributed by atoms with Gasteiger partial charge in [-0.3, -0.25) is 15.1 Å². The van der Waals surface area contributed by atoms with Crippen LogP contribution in [-0.2, 0) is 0 Å². The summed E-state index contributed by atoms with van der Waals surface area (Å²) < 4.78 is 0. The maximum absolute atomic E-state index is 10.8. The summed E-state index contributed by atoms with van der Waals surface area (Å²) in [5.74, 6) is -0.324. The van der Waals surface area contributed by atoms with Crippen LogP contribution in [0.4, 0.5) is 5.69 Å². The van der Waals surface area contributed by atoms with Gasteiger partial charge in [-0.25, -0.2) is 0 Å². The number of nitro groups is 1. The van der Waals surface area contributed by atoms with Gasteiger partial charge in [-0.05, 0) is 18.9 Å². The highest BCUT2D eigenvalue weighted by Crippen LogP contribution is 2.28. The number of aliphatic hydroxyl groups is 2. The number of rotatable bonds is 6. The zero-order chi connectivity index (χ0) is 12.0. The van der Waals surface area contributed by atoms with Crippen molar-refractivity contribution in [1.82, 2.24) is 4.98 Å². The third-order valence-electron chi connectivity index (χ3n) is 2.40. The fourth-order valence-corrected chi connectivity index (χ4v) is 1.58. The summed E-state index contributed by atoms with van der Waals surface area (Å²) >= 11 is 0. The fourth-order valence-electron chi connectivity index (χ4n) is 1.58. The molecule has 0 fully saturated rings. The normalized spacial score (nSPS) is 12.4. The molecule has 0 aliphatic heterocycles. The second-order valence-corrected chi connectivity index (χ2v) is 3.44. The van der Waals surface area contributed by atoms with Gasteiger partial charge in [-0.1, -0.05) is 0 Å². The molecule has 1 rings (SSSR count). The van der Waals surface area contributed by atoms with Crippen LogP contribution in [-0.4, -0.2) is 33.3 Å². The second-order valence-electron chi connectivity index (χ2n) is 3.44. The van der Waals surface area contributed by atoms with Gasteiger partial charge in [0.05, 0.1) is 11.5 Å². The van der Waals surface area contributed by atoms with E-state index in [9.17, 15) is 15.2 Å². The van der Waals surface area contributed by atoms with E-state index in [2.05, 4.69) is 4.98 Å². The highest BCUT2D eigenvalue weighted by molar-refractivity contribution is 5.39. The Bertz CT molecular complexity index is 356. The molecule has 0 amide bonds. The predicted molar refractivity (Wildman–Crippen MR) is 57.0 cm³/mol. The molecule has 0 saturated carbocycles. The largest absolute Gasteiger partial charge is 0.396 e. The van der Waals surface area contributed by atoms with Crippen LogP contribution in [0.5, 0.6) is 0 Å². The molecule has 0 saturated heterocycles. The van der Waals surface area contributed by atoms with Gasteiger partial charge in [-0.2, -0.15) is 0 Å². The molecule has 0 aliphatic rings. The molecule has 6 heteroatoms. The van der Waals surface area contributed by atoms with Crippen molar-refractivity contribution in [2.75, 3.05) is 13.2 Å².